The van der Waals surface area contributed by atoms with Crippen molar-refractivity contribution in [2.24, 2.45) is 0 Å². The van der Waals surface area contributed by atoms with Gasteiger partial charge in [0, 0.05) is 29.4 Å². The molecule has 0 saturated carbocycles. The number of ether oxygens (including phenoxy) is 2. The third-order valence-corrected chi connectivity index (χ3v) is 3.72. The number of rotatable bonds is 15. The second-order valence-electron chi connectivity index (χ2n) is 5.08. The highest BCUT2D eigenvalue weighted by Crippen LogP contribution is 2.01. The first-order valence-electron chi connectivity index (χ1n) is 7.86. The predicted molar refractivity (Wildman–Crippen MR) is 85.8 cm³/mol. The Labute approximate surface area is 128 Å². The monoisotopic (exact) mass is 337 g/mol. The van der Waals surface area contributed by atoms with E-state index in [1.54, 1.807) is 0 Å². The molecule has 0 aliphatic rings. The van der Waals surface area contributed by atoms with E-state index in [1.165, 1.54) is 51.4 Å². The second-order valence-corrected chi connectivity index (χ2v) is 5.54. The molecule has 0 rings (SSSR count). The van der Waals surface area contributed by atoms with Gasteiger partial charge in [0.1, 0.15) is 0 Å². The maximum Gasteiger partial charge on any atom is 0.0650 e. The Kier molecular flexibility index (Phi) is 16.7. The fourth-order valence-corrected chi connectivity index (χ4v) is 2.09. The summed E-state index contributed by atoms with van der Waals surface area (Å²) in [6.45, 7) is 7.61. The van der Waals surface area contributed by atoms with E-state index < -0.39 is 0 Å². The van der Waals surface area contributed by atoms with Crippen LogP contribution in [0.15, 0.2) is 0 Å². The minimum Gasteiger partial charge on any atom is -0.380 e. The van der Waals surface area contributed by atoms with Crippen LogP contribution in [0, 0.1) is 0 Å². The van der Waals surface area contributed by atoms with Crippen LogP contribution < -0.4 is 4.34 Å². The average Bonchev–Trinajstić information content (AvgIpc) is 2.44. The summed E-state index contributed by atoms with van der Waals surface area (Å²) in [5, 5.41) is 0. The van der Waals surface area contributed by atoms with E-state index in [9.17, 15) is 0 Å². The van der Waals surface area contributed by atoms with E-state index in [2.05, 4.69) is 34.3 Å². The van der Waals surface area contributed by atoms with Crippen LogP contribution in [-0.4, -0.2) is 32.5 Å². The second kappa shape index (κ2) is 16.4. The van der Waals surface area contributed by atoms with Gasteiger partial charge >= 0.3 is 0 Å². The van der Waals surface area contributed by atoms with Gasteiger partial charge in [-0.15, -0.1) is 0 Å². The normalized spacial score (nSPS) is 11.4. The van der Waals surface area contributed by atoms with Crippen molar-refractivity contribution in [3.05, 3.63) is 0 Å². The van der Waals surface area contributed by atoms with Crippen molar-refractivity contribution < 1.29 is 9.47 Å². The first-order chi connectivity index (χ1) is 9.35. The lowest BCUT2D eigenvalue weighted by molar-refractivity contribution is 0.0611. The van der Waals surface area contributed by atoms with Crippen molar-refractivity contribution in [2.45, 2.75) is 71.3 Å². The minimum atomic E-state index is 0.248. The lowest BCUT2D eigenvalue weighted by atomic mass is 10.2. The average molecular weight is 338 g/mol. The summed E-state index contributed by atoms with van der Waals surface area (Å²) in [6, 6.07) is 0.248. The molecule has 0 atom stereocenters. The van der Waals surface area contributed by atoms with Crippen LogP contribution >= 0.6 is 16.1 Å². The Balaban J connectivity index is 3.30. The molecule has 116 valence electrons. The van der Waals surface area contributed by atoms with Gasteiger partial charge in [-0.1, -0.05) is 52.4 Å². The molecular weight excluding hydrogens is 306 g/mol. The van der Waals surface area contributed by atoms with Crippen LogP contribution in [0.3, 0.4) is 0 Å². The third kappa shape index (κ3) is 14.6. The zero-order valence-corrected chi connectivity index (χ0v) is 14.3. The lowest BCUT2D eigenvalue weighted by Gasteiger charge is -2.15. The Morgan fingerprint density at radius 3 is 1.63 bits per heavy atom. The van der Waals surface area contributed by atoms with Crippen LogP contribution in [0.1, 0.15) is 65.2 Å². The van der Waals surface area contributed by atoms with Crippen molar-refractivity contribution in [3.8, 4) is 0 Å². The van der Waals surface area contributed by atoms with Gasteiger partial charge in [-0.05, 0) is 12.8 Å². The Morgan fingerprint density at radius 1 is 0.789 bits per heavy atom. The molecule has 0 aliphatic carbocycles. The van der Waals surface area contributed by atoms with Crippen LogP contribution in [-0.2, 0) is 9.47 Å². The van der Waals surface area contributed by atoms with Gasteiger partial charge in [0.05, 0.1) is 19.3 Å². The highest BCUT2D eigenvalue weighted by atomic mass is 79.9. The van der Waals surface area contributed by atoms with Gasteiger partial charge in [-0.25, -0.2) is 4.34 Å². The first kappa shape index (κ1) is 19.4. The zero-order valence-electron chi connectivity index (χ0n) is 12.8. The largest absolute Gasteiger partial charge is 0.380 e. The van der Waals surface area contributed by atoms with Crippen molar-refractivity contribution in [2.75, 3.05) is 26.4 Å². The molecule has 0 bridgehead atoms. The van der Waals surface area contributed by atoms with Crippen molar-refractivity contribution in [3.63, 3.8) is 0 Å². The fourth-order valence-electron chi connectivity index (χ4n) is 1.82. The molecule has 0 spiro atoms. The Bertz CT molecular complexity index is 154. The quantitative estimate of drug-likeness (QED) is 0.353. The van der Waals surface area contributed by atoms with Crippen LogP contribution in [0.5, 0.6) is 0 Å². The van der Waals surface area contributed by atoms with E-state index in [0.717, 1.165) is 13.2 Å². The molecule has 0 aromatic heterocycles. The SMILES string of the molecule is CCCCCCOCC(COCCCCCC)NBr. The number of nitrogens with one attached hydrogen (secondary N) is 1. The van der Waals surface area contributed by atoms with E-state index in [0.29, 0.717) is 13.2 Å². The van der Waals surface area contributed by atoms with Gasteiger partial charge in [0.25, 0.3) is 0 Å². The van der Waals surface area contributed by atoms with Gasteiger partial charge < -0.3 is 9.47 Å². The summed E-state index contributed by atoms with van der Waals surface area (Å²) in [4.78, 5) is 0. The highest BCUT2D eigenvalue weighted by molar-refractivity contribution is 9.08. The summed E-state index contributed by atoms with van der Waals surface area (Å²) in [7, 11) is 0. The molecule has 0 radical (unpaired) electrons. The molecule has 19 heavy (non-hydrogen) atoms. The summed E-state index contributed by atoms with van der Waals surface area (Å²) >= 11 is 3.29. The van der Waals surface area contributed by atoms with Crippen molar-refractivity contribution >= 4 is 16.1 Å². The van der Waals surface area contributed by atoms with Gasteiger partial charge in [0.15, 0.2) is 0 Å². The summed E-state index contributed by atoms with van der Waals surface area (Å²) in [5.74, 6) is 0. The molecule has 1 N–H and O–H groups in total. The summed E-state index contributed by atoms with van der Waals surface area (Å²) < 4.78 is 14.4. The molecule has 3 nitrogen and oxygen atoms in total. The highest BCUT2D eigenvalue weighted by Gasteiger charge is 2.06. The minimum absolute atomic E-state index is 0.248. The zero-order chi connectivity index (χ0) is 14.2. The topological polar surface area (TPSA) is 30.5 Å². The van der Waals surface area contributed by atoms with E-state index >= 15 is 0 Å². The molecule has 0 saturated heterocycles. The van der Waals surface area contributed by atoms with Crippen LogP contribution in [0.25, 0.3) is 0 Å². The molecule has 0 unspecified atom stereocenters. The molecule has 0 aromatic rings. The number of halogens is 1. The molecule has 0 aliphatic heterocycles. The lowest BCUT2D eigenvalue weighted by Crippen LogP contribution is -2.32. The third-order valence-electron chi connectivity index (χ3n) is 3.08. The van der Waals surface area contributed by atoms with Gasteiger partial charge in [0.2, 0.25) is 0 Å². The summed E-state index contributed by atoms with van der Waals surface area (Å²) in [6.07, 6.45) is 10.1. The first-order valence-corrected chi connectivity index (χ1v) is 8.66. The number of unbranched alkanes of at least 4 members (excludes halogenated alkanes) is 6. The van der Waals surface area contributed by atoms with E-state index in [4.69, 9.17) is 9.47 Å². The van der Waals surface area contributed by atoms with E-state index in [-0.39, 0.29) is 6.04 Å². The fraction of sp³-hybridized carbons (Fsp3) is 1.00. The molecule has 0 aromatic carbocycles. The predicted octanol–water partition coefficient (Wildman–Crippen LogP) is 4.45. The van der Waals surface area contributed by atoms with E-state index in [1.807, 2.05) is 0 Å². The maximum absolute atomic E-state index is 5.66. The van der Waals surface area contributed by atoms with Crippen LogP contribution in [0.2, 0.25) is 0 Å². The van der Waals surface area contributed by atoms with Crippen molar-refractivity contribution in [1.82, 2.24) is 4.34 Å². The smallest absolute Gasteiger partial charge is 0.0650 e. The van der Waals surface area contributed by atoms with Crippen molar-refractivity contribution in [1.29, 1.82) is 0 Å². The molecular formula is C15H32BrNO2. The van der Waals surface area contributed by atoms with Gasteiger partial charge in [-0.3, -0.25) is 0 Å². The Morgan fingerprint density at radius 2 is 1.26 bits per heavy atom. The maximum atomic E-state index is 5.66. The number of hydrogen-bond donors (Lipinski definition) is 1. The molecule has 0 fully saturated rings. The van der Waals surface area contributed by atoms with Crippen LogP contribution in [0.4, 0.5) is 0 Å². The Hall–Kier alpha value is 0.360. The molecule has 0 heterocycles. The summed E-state index contributed by atoms with van der Waals surface area (Å²) in [5.41, 5.74) is 0. The number of hydrogen-bond acceptors (Lipinski definition) is 3. The van der Waals surface area contributed by atoms with Gasteiger partial charge in [-0.2, -0.15) is 0 Å². The molecule has 0 amide bonds. The molecule has 4 heteroatoms. The standard InChI is InChI=1S/C15H32BrNO2/c1-3-5-7-9-11-18-13-15(17-16)14-19-12-10-8-6-4-2/h15,17H,3-14H2,1-2H3.